The van der Waals surface area contributed by atoms with Gasteiger partial charge in [-0.2, -0.15) is 0 Å². The molecule has 1 aromatic heterocycles. The van der Waals surface area contributed by atoms with Crippen molar-refractivity contribution in [3.63, 3.8) is 0 Å². The van der Waals surface area contributed by atoms with Crippen LogP contribution in [0.3, 0.4) is 0 Å². The molecule has 1 aromatic carbocycles. The van der Waals surface area contributed by atoms with Crippen LogP contribution in [-0.2, 0) is 7.05 Å². The monoisotopic (exact) mass is 188 g/mol. The topological polar surface area (TPSA) is 34.9 Å². The molecule has 0 spiro atoms. The minimum absolute atomic E-state index is 0.174. The molecule has 0 aliphatic rings. The summed E-state index contributed by atoms with van der Waals surface area (Å²) in [6.07, 6.45) is 2.30. The molecule has 0 N–H and O–H groups in total. The number of aromatic nitrogens is 2. The fourth-order valence-corrected chi connectivity index (χ4v) is 1.50. The fourth-order valence-electron chi connectivity index (χ4n) is 1.50. The molecule has 0 aliphatic heterocycles. The van der Waals surface area contributed by atoms with Gasteiger partial charge in [0.25, 0.3) is 0 Å². The van der Waals surface area contributed by atoms with Gasteiger partial charge in [0.05, 0.1) is 17.4 Å². The summed E-state index contributed by atoms with van der Waals surface area (Å²) in [6, 6.07) is 5.62. The molecule has 2 rings (SSSR count). The molecule has 0 amide bonds. The summed E-state index contributed by atoms with van der Waals surface area (Å²) in [4.78, 5) is 15.7. The number of rotatable bonds is 2. The Balaban J connectivity index is 2.60. The highest BCUT2D eigenvalue weighted by molar-refractivity contribution is 5.98. The molecule has 14 heavy (non-hydrogen) atoms. The number of carbonyl (C=O) groups is 1. The lowest BCUT2D eigenvalue weighted by atomic mass is 10.1. The van der Waals surface area contributed by atoms with Crippen LogP contribution in [0.15, 0.2) is 24.5 Å². The number of hydrogen-bond acceptors (Lipinski definition) is 2. The summed E-state index contributed by atoms with van der Waals surface area (Å²) in [5.41, 5.74) is 2.70. The van der Waals surface area contributed by atoms with Gasteiger partial charge in [0.1, 0.15) is 0 Å². The van der Waals surface area contributed by atoms with E-state index in [0.29, 0.717) is 6.42 Å². The third-order valence-electron chi connectivity index (χ3n) is 2.37. The Morgan fingerprint density at radius 1 is 1.50 bits per heavy atom. The van der Waals surface area contributed by atoms with Crippen LogP contribution in [0.25, 0.3) is 11.0 Å². The average molecular weight is 188 g/mol. The molecule has 0 saturated carbocycles. The van der Waals surface area contributed by atoms with Crippen molar-refractivity contribution >= 4 is 16.8 Å². The molecule has 0 fully saturated rings. The molecule has 0 radical (unpaired) electrons. The Bertz CT molecular complexity index is 485. The molecule has 1 heterocycles. The summed E-state index contributed by atoms with van der Waals surface area (Å²) in [5, 5.41) is 0. The van der Waals surface area contributed by atoms with E-state index >= 15 is 0 Å². The normalized spacial score (nSPS) is 10.7. The van der Waals surface area contributed by atoms with Crippen LogP contribution in [-0.4, -0.2) is 15.3 Å². The zero-order valence-corrected chi connectivity index (χ0v) is 8.32. The first-order valence-electron chi connectivity index (χ1n) is 4.66. The van der Waals surface area contributed by atoms with E-state index in [4.69, 9.17) is 0 Å². The smallest absolute Gasteiger partial charge is 0.162 e. The third kappa shape index (κ3) is 1.31. The second-order valence-corrected chi connectivity index (χ2v) is 3.34. The highest BCUT2D eigenvalue weighted by atomic mass is 16.1. The minimum Gasteiger partial charge on any atom is -0.334 e. The lowest BCUT2D eigenvalue weighted by Gasteiger charge is -1.99. The van der Waals surface area contributed by atoms with Crippen molar-refractivity contribution in [2.75, 3.05) is 0 Å². The highest BCUT2D eigenvalue weighted by Gasteiger charge is 2.05. The highest BCUT2D eigenvalue weighted by Crippen LogP contribution is 2.14. The molecule has 0 atom stereocenters. The molecule has 0 unspecified atom stereocenters. The number of carbonyl (C=O) groups excluding carboxylic acids is 1. The number of fused-ring (bicyclic) bond motifs is 1. The van der Waals surface area contributed by atoms with Gasteiger partial charge in [0.2, 0.25) is 0 Å². The van der Waals surface area contributed by atoms with Crippen LogP contribution in [0.4, 0.5) is 0 Å². The number of nitrogens with zero attached hydrogens (tertiary/aromatic N) is 2. The number of benzene rings is 1. The predicted molar refractivity (Wildman–Crippen MR) is 55.3 cm³/mol. The number of Topliss-reactive ketones (excluding diaryl/α,β-unsaturated/α-hetero) is 1. The maximum absolute atomic E-state index is 11.5. The van der Waals surface area contributed by atoms with Gasteiger partial charge >= 0.3 is 0 Å². The van der Waals surface area contributed by atoms with Crippen LogP contribution in [0.2, 0.25) is 0 Å². The van der Waals surface area contributed by atoms with E-state index < -0.39 is 0 Å². The lowest BCUT2D eigenvalue weighted by Crippen LogP contribution is -1.96. The first-order valence-corrected chi connectivity index (χ1v) is 4.66. The maximum atomic E-state index is 11.5. The Hall–Kier alpha value is -1.64. The van der Waals surface area contributed by atoms with Gasteiger partial charge in [-0.1, -0.05) is 6.92 Å². The van der Waals surface area contributed by atoms with Crippen LogP contribution in [0, 0.1) is 0 Å². The van der Waals surface area contributed by atoms with E-state index in [9.17, 15) is 4.79 Å². The summed E-state index contributed by atoms with van der Waals surface area (Å²) in [6.45, 7) is 1.87. The second kappa shape index (κ2) is 3.25. The fraction of sp³-hybridized carbons (Fsp3) is 0.273. The van der Waals surface area contributed by atoms with Crippen molar-refractivity contribution in [2.24, 2.45) is 7.05 Å². The summed E-state index contributed by atoms with van der Waals surface area (Å²) in [5.74, 6) is 0.174. The maximum Gasteiger partial charge on any atom is 0.162 e. The number of imidazole rings is 1. The van der Waals surface area contributed by atoms with E-state index in [0.717, 1.165) is 16.6 Å². The summed E-state index contributed by atoms with van der Waals surface area (Å²) >= 11 is 0. The van der Waals surface area contributed by atoms with Gasteiger partial charge in [0, 0.05) is 19.0 Å². The first-order chi connectivity index (χ1) is 6.72. The lowest BCUT2D eigenvalue weighted by molar-refractivity contribution is 0.0988. The summed E-state index contributed by atoms with van der Waals surface area (Å²) in [7, 11) is 1.93. The van der Waals surface area contributed by atoms with Crippen LogP contribution in [0.5, 0.6) is 0 Å². The largest absolute Gasteiger partial charge is 0.334 e. The van der Waals surface area contributed by atoms with Crippen molar-refractivity contribution in [3.05, 3.63) is 30.1 Å². The molecule has 3 nitrogen and oxygen atoms in total. The Morgan fingerprint density at radius 3 is 3.00 bits per heavy atom. The minimum atomic E-state index is 0.174. The van der Waals surface area contributed by atoms with Gasteiger partial charge in [0.15, 0.2) is 5.78 Å². The molecule has 0 saturated heterocycles. The molecular weight excluding hydrogens is 176 g/mol. The predicted octanol–water partition coefficient (Wildman–Crippen LogP) is 2.17. The average Bonchev–Trinajstić information content (AvgIpc) is 2.59. The quantitative estimate of drug-likeness (QED) is 0.677. The number of aryl methyl sites for hydroxylation is 1. The first kappa shape index (κ1) is 8.94. The summed E-state index contributed by atoms with van der Waals surface area (Å²) < 4.78 is 1.92. The number of hydrogen-bond donors (Lipinski definition) is 0. The van der Waals surface area contributed by atoms with E-state index in [1.54, 1.807) is 6.33 Å². The van der Waals surface area contributed by atoms with Crippen LogP contribution < -0.4 is 0 Å². The zero-order valence-electron chi connectivity index (χ0n) is 8.32. The van der Waals surface area contributed by atoms with Crippen molar-refractivity contribution in [1.82, 2.24) is 9.55 Å². The van der Waals surface area contributed by atoms with Crippen molar-refractivity contribution in [3.8, 4) is 0 Å². The number of ketones is 1. The Labute approximate surface area is 82.4 Å². The Kier molecular flexibility index (Phi) is 2.08. The van der Waals surface area contributed by atoms with Crippen molar-refractivity contribution < 1.29 is 4.79 Å². The van der Waals surface area contributed by atoms with Gasteiger partial charge in [-0.15, -0.1) is 0 Å². The second-order valence-electron chi connectivity index (χ2n) is 3.34. The Morgan fingerprint density at radius 2 is 2.29 bits per heavy atom. The van der Waals surface area contributed by atoms with E-state index in [1.165, 1.54) is 0 Å². The SMILES string of the molecule is CCC(=O)c1ccc2ncn(C)c2c1. The molecular formula is C11H12N2O. The standard InChI is InChI=1S/C11H12N2O/c1-3-11(14)8-4-5-9-10(6-8)13(2)7-12-9/h4-7H,3H2,1-2H3. The van der Waals surface area contributed by atoms with Gasteiger partial charge in [-0.05, 0) is 18.2 Å². The molecule has 0 aliphatic carbocycles. The molecule has 2 aromatic rings. The van der Waals surface area contributed by atoms with E-state index in [-0.39, 0.29) is 5.78 Å². The van der Waals surface area contributed by atoms with Crippen molar-refractivity contribution in [2.45, 2.75) is 13.3 Å². The van der Waals surface area contributed by atoms with Gasteiger partial charge in [-0.25, -0.2) is 4.98 Å². The molecule has 3 heteroatoms. The third-order valence-corrected chi connectivity index (χ3v) is 2.37. The van der Waals surface area contributed by atoms with E-state index in [1.807, 2.05) is 36.7 Å². The molecule has 0 bridgehead atoms. The van der Waals surface area contributed by atoms with Crippen molar-refractivity contribution in [1.29, 1.82) is 0 Å². The zero-order chi connectivity index (χ0) is 10.1. The van der Waals surface area contributed by atoms with Gasteiger partial charge in [-0.3, -0.25) is 4.79 Å². The molecule has 72 valence electrons. The van der Waals surface area contributed by atoms with Crippen LogP contribution in [0.1, 0.15) is 23.7 Å². The van der Waals surface area contributed by atoms with Gasteiger partial charge < -0.3 is 4.57 Å². The van der Waals surface area contributed by atoms with Crippen LogP contribution >= 0.6 is 0 Å². The van der Waals surface area contributed by atoms with E-state index in [2.05, 4.69) is 4.98 Å².